The quantitative estimate of drug-likeness (QED) is 0.763. The van der Waals surface area contributed by atoms with E-state index in [1.165, 1.54) is 0 Å². The molecule has 0 saturated carbocycles. The fourth-order valence-corrected chi connectivity index (χ4v) is 1.85. The van der Waals surface area contributed by atoms with Crippen LogP contribution < -0.4 is 15.5 Å². The number of hydrogen-bond donors (Lipinski definition) is 2. The maximum absolute atomic E-state index is 4.46. The van der Waals surface area contributed by atoms with E-state index in [0.29, 0.717) is 29.8 Å². The lowest BCUT2D eigenvalue weighted by atomic mass is 10.0. The normalized spacial score (nSPS) is 12.3. The summed E-state index contributed by atoms with van der Waals surface area (Å²) >= 11 is 0. The number of rotatable bonds is 8. The van der Waals surface area contributed by atoms with Crippen molar-refractivity contribution in [1.82, 2.24) is 15.0 Å². The van der Waals surface area contributed by atoms with Gasteiger partial charge in [0.1, 0.15) is 0 Å². The van der Waals surface area contributed by atoms with Crippen molar-refractivity contribution >= 4 is 17.8 Å². The standard InChI is InChI=1S/C14H28N6/c1-7-9-15-12-17-13(16-11(8-2)10(3)4)19-14(18-12)20(5)6/h10-11H,7-9H2,1-6H3,(H2,15,16,17,18,19). The molecular weight excluding hydrogens is 252 g/mol. The number of aromatic nitrogens is 3. The second kappa shape index (κ2) is 7.87. The fraction of sp³-hybridized carbons (Fsp3) is 0.786. The lowest BCUT2D eigenvalue weighted by Crippen LogP contribution is -2.27. The summed E-state index contributed by atoms with van der Waals surface area (Å²) in [5, 5.41) is 6.63. The van der Waals surface area contributed by atoms with Crippen LogP contribution in [0.25, 0.3) is 0 Å². The molecule has 0 bridgehead atoms. The molecule has 0 radical (unpaired) electrons. The van der Waals surface area contributed by atoms with Crippen molar-refractivity contribution in [1.29, 1.82) is 0 Å². The summed E-state index contributed by atoms with van der Waals surface area (Å²) in [7, 11) is 3.87. The van der Waals surface area contributed by atoms with Gasteiger partial charge in [0.05, 0.1) is 0 Å². The summed E-state index contributed by atoms with van der Waals surface area (Å²) in [6, 6.07) is 0.367. The van der Waals surface area contributed by atoms with E-state index in [0.717, 1.165) is 19.4 Å². The van der Waals surface area contributed by atoms with Crippen molar-refractivity contribution in [2.24, 2.45) is 5.92 Å². The average Bonchev–Trinajstić information content (AvgIpc) is 2.41. The van der Waals surface area contributed by atoms with Gasteiger partial charge in [-0.25, -0.2) is 0 Å². The van der Waals surface area contributed by atoms with Gasteiger partial charge in [-0.1, -0.05) is 27.7 Å². The van der Waals surface area contributed by atoms with Gasteiger partial charge in [-0.15, -0.1) is 0 Å². The predicted molar refractivity (Wildman–Crippen MR) is 85.5 cm³/mol. The van der Waals surface area contributed by atoms with Gasteiger partial charge < -0.3 is 15.5 Å². The van der Waals surface area contributed by atoms with Gasteiger partial charge in [-0.3, -0.25) is 0 Å². The Morgan fingerprint density at radius 1 is 1.05 bits per heavy atom. The molecule has 0 aliphatic carbocycles. The molecule has 114 valence electrons. The molecule has 0 aliphatic heterocycles. The highest BCUT2D eigenvalue weighted by Crippen LogP contribution is 2.15. The van der Waals surface area contributed by atoms with Crippen LogP contribution in [0.3, 0.4) is 0 Å². The molecule has 20 heavy (non-hydrogen) atoms. The smallest absolute Gasteiger partial charge is 0.231 e. The van der Waals surface area contributed by atoms with Crippen LogP contribution >= 0.6 is 0 Å². The highest BCUT2D eigenvalue weighted by molar-refractivity contribution is 5.43. The molecule has 1 rings (SSSR count). The third kappa shape index (κ3) is 4.83. The lowest BCUT2D eigenvalue weighted by molar-refractivity contribution is 0.508. The Morgan fingerprint density at radius 2 is 1.70 bits per heavy atom. The molecule has 0 amide bonds. The zero-order chi connectivity index (χ0) is 15.1. The maximum Gasteiger partial charge on any atom is 0.231 e. The molecule has 0 aliphatic rings. The van der Waals surface area contributed by atoms with E-state index < -0.39 is 0 Å². The largest absolute Gasteiger partial charge is 0.354 e. The summed E-state index contributed by atoms with van der Waals surface area (Å²) in [6.07, 6.45) is 2.08. The third-order valence-corrected chi connectivity index (χ3v) is 3.12. The Hall–Kier alpha value is -1.59. The van der Waals surface area contributed by atoms with Crippen LogP contribution in [0.1, 0.15) is 40.5 Å². The molecule has 6 heteroatoms. The van der Waals surface area contributed by atoms with E-state index in [9.17, 15) is 0 Å². The second-order valence-electron chi connectivity index (χ2n) is 5.51. The van der Waals surface area contributed by atoms with Crippen LogP contribution in [0.5, 0.6) is 0 Å². The molecule has 0 fully saturated rings. The monoisotopic (exact) mass is 280 g/mol. The molecule has 0 spiro atoms. The number of anilines is 3. The van der Waals surface area contributed by atoms with Gasteiger partial charge in [0.15, 0.2) is 0 Å². The molecule has 1 aromatic rings. The van der Waals surface area contributed by atoms with Crippen LogP contribution in [0, 0.1) is 5.92 Å². The summed E-state index contributed by atoms with van der Waals surface area (Å²) in [5.41, 5.74) is 0. The lowest BCUT2D eigenvalue weighted by Gasteiger charge is -2.21. The molecule has 6 nitrogen and oxygen atoms in total. The van der Waals surface area contributed by atoms with Crippen molar-refractivity contribution in [2.75, 3.05) is 36.2 Å². The number of nitrogens with zero attached hydrogens (tertiary/aromatic N) is 4. The van der Waals surface area contributed by atoms with E-state index in [1.54, 1.807) is 0 Å². The second-order valence-corrected chi connectivity index (χ2v) is 5.51. The highest BCUT2D eigenvalue weighted by atomic mass is 15.3. The Morgan fingerprint density at radius 3 is 2.20 bits per heavy atom. The molecule has 1 unspecified atom stereocenters. The predicted octanol–water partition coefficient (Wildman–Crippen LogP) is 2.61. The fourth-order valence-electron chi connectivity index (χ4n) is 1.85. The Kier molecular flexibility index (Phi) is 6.48. The average molecular weight is 280 g/mol. The molecule has 1 heterocycles. The summed E-state index contributed by atoms with van der Waals surface area (Å²) < 4.78 is 0. The third-order valence-electron chi connectivity index (χ3n) is 3.12. The molecule has 1 atom stereocenters. The zero-order valence-electron chi connectivity index (χ0n) is 13.6. The van der Waals surface area contributed by atoms with Gasteiger partial charge in [0.25, 0.3) is 0 Å². The van der Waals surface area contributed by atoms with Crippen LogP contribution in [-0.4, -0.2) is 41.6 Å². The van der Waals surface area contributed by atoms with Crippen LogP contribution in [0.2, 0.25) is 0 Å². The highest BCUT2D eigenvalue weighted by Gasteiger charge is 2.14. The van der Waals surface area contributed by atoms with Crippen molar-refractivity contribution in [3.63, 3.8) is 0 Å². The number of hydrogen-bond acceptors (Lipinski definition) is 6. The van der Waals surface area contributed by atoms with Crippen LogP contribution in [0.15, 0.2) is 0 Å². The van der Waals surface area contributed by atoms with Crippen molar-refractivity contribution < 1.29 is 0 Å². The first-order valence-corrected chi connectivity index (χ1v) is 7.41. The van der Waals surface area contributed by atoms with Gasteiger partial charge in [-0.05, 0) is 18.8 Å². The first-order chi connectivity index (χ1) is 9.47. The summed E-state index contributed by atoms with van der Waals surface area (Å²) in [4.78, 5) is 15.2. The molecule has 2 N–H and O–H groups in total. The van der Waals surface area contributed by atoms with Gasteiger partial charge in [0.2, 0.25) is 17.8 Å². The van der Waals surface area contributed by atoms with Gasteiger partial charge in [-0.2, -0.15) is 15.0 Å². The van der Waals surface area contributed by atoms with E-state index in [1.807, 2.05) is 19.0 Å². The topological polar surface area (TPSA) is 66.0 Å². The Balaban J connectivity index is 2.95. The summed E-state index contributed by atoms with van der Waals surface area (Å²) in [5.74, 6) is 2.47. The van der Waals surface area contributed by atoms with E-state index in [-0.39, 0.29) is 0 Å². The molecule has 1 aromatic heterocycles. The van der Waals surface area contributed by atoms with Gasteiger partial charge >= 0.3 is 0 Å². The van der Waals surface area contributed by atoms with Crippen molar-refractivity contribution in [2.45, 2.75) is 46.6 Å². The maximum atomic E-state index is 4.46. The molecule has 0 saturated heterocycles. The van der Waals surface area contributed by atoms with Gasteiger partial charge in [0, 0.05) is 26.7 Å². The first-order valence-electron chi connectivity index (χ1n) is 7.41. The minimum Gasteiger partial charge on any atom is -0.354 e. The Bertz CT molecular complexity index is 405. The van der Waals surface area contributed by atoms with Crippen molar-refractivity contribution in [3.8, 4) is 0 Å². The minimum atomic E-state index is 0.367. The van der Waals surface area contributed by atoms with Crippen LogP contribution in [-0.2, 0) is 0 Å². The molecule has 0 aromatic carbocycles. The minimum absolute atomic E-state index is 0.367. The SMILES string of the molecule is CCCNc1nc(NC(CC)C(C)C)nc(N(C)C)n1. The zero-order valence-corrected chi connectivity index (χ0v) is 13.6. The van der Waals surface area contributed by atoms with Crippen molar-refractivity contribution in [3.05, 3.63) is 0 Å². The van der Waals surface area contributed by atoms with E-state index in [4.69, 9.17) is 0 Å². The van der Waals surface area contributed by atoms with E-state index in [2.05, 4.69) is 53.3 Å². The summed E-state index contributed by atoms with van der Waals surface area (Å²) in [6.45, 7) is 9.54. The Labute approximate surface area is 122 Å². The molecular formula is C14H28N6. The first kappa shape index (κ1) is 16.5. The van der Waals surface area contributed by atoms with E-state index >= 15 is 0 Å². The van der Waals surface area contributed by atoms with Crippen LogP contribution in [0.4, 0.5) is 17.8 Å². The number of nitrogens with one attached hydrogen (secondary N) is 2.